The Morgan fingerprint density at radius 3 is 2.31 bits per heavy atom. The number of rotatable bonds is 3. The lowest BCUT2D eigenvalue weighted by Gasteiger charge is -2.40. The number of Topliss-reactive ketones (excluding diaryl/α,β-unsaturated/α-hetero) is 1. The molecular weight excluding hydrogens is 338 g/mol. The average Bonchev–Trinajstić information content (AvgIpc) is 2.97. The van der Waals surface area contributed by atoms with Crippen LogP contribution in [0.5, 0.6) is 0 Å². The number of carbonyl (C=O) groups is 1. The van der Waals surface area contributed by atoms with Gasteiger partial charge in [0.15, 0.2) is 11.5 Å². The number of nitrogens with one attached hydrogen (secondary N) is 1. The fraction of sp³-hybridized carbons (Fsp3) is 0.250. The summed E-state index contributed by atoms with van der Waals surface area (Å²) < 4.78 is 26.4. The second kappa shape index (κ2) is 6.21. The molecular formula is C20H18F2N2O2. The number of ketones is 1. The summed E-state index contributed by atoms with van der Waals surface area (Å²) in [5.74, 6) is -0.455. The quantitative estimate of drug-likeness (QED) is 0.831. The van der Waals surface area contributed by atoms with Crippen molar-refractivity contribution in [3.8, 4) is 0 Å². The first-order chi connectivity index (χ1) is 12.5. The Kier molecular flexibility index (Phi) is 4.00. The predicted octanol–water partition coefficient (Wildman–Crippen LogP) is 2.90. The van der Waals surface area contributed by atoms with Gasteiger partial charge in [0.25, 0.3) is 0 Å². The van der Waals surface area contributed by atoms with E-state index in [-0.39, 0.29) is 18.0 Å². The normalized spacial score (nSPS) is 22.2. The predicted molar refractivity (Wildman–Crippen MR) is 92.0 cm³/mol. The number of hydrogen-bond donors (Lipinski definition) is 2. The van der Waals surface area contributed by atoms with Crippen molar-refractivity contribution in [2.24, 2.45) is 0 Å². The molecule has 0 aliphatic carbocycles. The first kappa shape index (κ1) is 16.7. The Balaban J connectivity index is 1.74. The Morgan fingerprint density at radius 2 is 1.65 bits per heavy atom. The van der Waals surface area contributed by atoms with Crippen LogP contribution in [0, 0.1) is 11.6 Å². The van der Waals surface area contributed by atoms with Gasteiger partial charge in [-0.05, 0) is 42.8 Å². The van der Waals surface area contributed by atoms with Gasteiger partial charge < -0.3 is 15.3 Å². The number of aliphatic hydroxyl groups is 1. The van der Waals surface area contributed by atoms with E-state index in [0.29, 0.717) is 35.6 Å². The summed E-state index contributed by atoms with van der Waals surface area (Å²) in [6, 6.07) is 11.0. The standard InChI is InChI=1S/C20H18F2N2O2/c21-15-6-2-13(3-7-15)18(25)17-12-20(26,14-4-8-16(22)9-5-14)24-11-1-10-23-19(17)24/h2-9,23,26H,1,10-12H2. The monoisotopic (exact) mass is 356 g/mol. The van der Waals surface area contributed by atoms with Crippen molar-refractivity contribution in [1.29, 1.82) is 0 Å². The maximum atomic E-state index is 13.3. The van der Waals surface area contributed by atoms with Gasteiger partial charge in [-0.15, -0.1) is 0 Å². The molecule has 2 aliphatic heterocycles. The van der Waals surface area contributed by atoms with Crippen LogP contribution in [0.2, 0.25) is 0 Å². The largest absolute Gasteiger partial charge is 0.371 e. The molecule has 2 aromatic rings. The van der Waals surface area contributed by atoms with Crippen LogP contribution in [0.25, 0.3) is 0 Å². The van der Waals surface area contributed by atoms with E-state index < -0.39 is 11.5 Å². The minimum atomic E-state index is -1.42. The van der Waals surface area contributed by atoms with E-state index in [1.807, 2.05) is 0 Å². The number of benzene rings is 2. The van der Waals surface area contributed by atoms with E-state index in [4.69, 9.17) is 0 Å². The molecule has 0 saturated carbocycles. The van der Waals surface area contributed by atoms with E-state index in [1.54, 1.807) is 4.90 Å². The van der Waals surface area contributed by atoms with Crippen LogP contribution in [0.1, 0.15) is 28.8 Å². The summed E-state index contributed by atoms with van der Waals surface area (Å²) in [6.07, 6.45) is 0.891. The first-order valence-corrected chi connectivity index (χ1v) is 8.52. The molecule has 0 spiro atoms. The summed E-state index contributed by atoms with van der Waals surface area (Å²) >= 11 is 0. The highest BCUT2D eigenvalue weighted by Gasteiger charge is 2.47. The van der Waals surface area contributed by atoms with Gasteiger partial charge in [0, 0.05) is 36.2 Å². The van der Waals surface area contributed by atoms with E-state index in [0.717, 1.165) is 6.42 Å². The molecule has 0 aromatic heterocycles. The fourth-order valence-corrected chi connectivity index (χ4v) is 3.65. The molecule has 1 atom stereocenters. The summed E-state index contributed by atoms with van der Waals surface area (Å²) in [5, 5.41) is 14.6. The van der Waals surface area contributed by atoms with Crippen molar-refractivity contribution in [3.63, 3.8) is 0 Å². The van der Waals surface area contributed by atoms with Crippen LogP contribution in [-0.4, -0.2) is 28.9 Å². The molecule has 1 unspecified atom stereocenters. The SMILES string of the molecule is O=C(C1=C2NCCCN2C(O)(c2ccc(F)cc2)C1)c1ccc(F)cc1. The second-order valence-electron chi connectivity index (χ2n) is 6.60. The van der Waals surface area contributed by atoms with E-state index in [2.05, 4.69) is 5.32 Å². The number of carbonyl (C=O) groups excluding carboxylic acids is 1. The van der Waals surface area contributed by atoms with Gasteiger partial charge in [-0.3, -0.25) is 4.79 Å². The summed E-state index contributed by atoms with van der Waals surface area (Å²) in [5.41, 5.74) is -0.0729. The molecule has 2 aliphatic rings. The molecule has 1 fully saturated rings. The molecule has 2 aromatic carbocycles. The summed E-state index contributed by atoms with van der Waals surface area (Å²) in [7, 11) is 0. The molecule has 0 radical (unpaired) electrons. The fourth-order valence-electron chi connectivity index (χ4n) is 3.65. The van der Waals surface area contributed by atoms with E-state index in [1.165, 1.54) is 48.5 Å². The van der Waals surface area contributed by atoms with E-state index in [9.17, 15) is 18.7 Å². The van der Waals surface area contributed by atoms with Gasteiger partial charge in [-0.1, -0.05) is 12.1 Å². The molecule has 134 valence electrons. The van der Waals surface area contributed by atoms with Gasteiger partial charge >= 0.3 is 0 Å². The van der Waals surface area contributed by atoms with Gasteiger partial charge in [0.05, 0.1) is 0 Å². The third-order valence-corrected chi connectivity index (χ3v) is 4.96. The highest BCUT2D eigenvalue weighted by molar-refractivity contribution is 6.09. The second-order valence-corrected chi connectivity index (χ2v) is 6.60. The zero-order valence-electron chi connectivity index (χ0n) is 14.0. The lowest BCUT2D eigenvalue weighted by atomic mass is 9.94. The third-order valence-electron chi connectivity index (χ3n) is 4.96. The van der Waals surface area contributed by atoms with Crippen molar-refractivity contribution in [2.45, 2.75) is 18.6 Å². The van der Waals surface area contributed by atoms with Crippen molar-refractivity contribution in [1.82, 2.24) is 10.2 Å². The van der Waals surface area contributed by atoms with Crippen molar-refractivity contribution >= 4 is 5.78 Å². The molecule has 2 N–H and O–H groups in total. The number of fused-ring (bicyclic) bond motifs is 1. The van der Waals surface area contributed by atoms with Crippen LogP contribution >= 0.6 is 0 Å². The zero-order valence-corrected chi connectivity index (χ0v) is 14.0. The van der Waals surface area contributed by atoms with Gasteiger partial charge in [0.2, 0.25) is 0 Å². The van der Waals surface area contributed by atoms with Crippen LogP contribution in [0.4, 0.5) is 8.78 Å². The smallest absolute Gasteiger partial charge is 0.192 e. The Morgan fingerprint density at radius 1 is 1.04 bits per heavy atom. The minimum absolute atomic E-state index is 0.0805. The van der Waals surface area contributed by atoms with Gasteiger partial charge in [0.1, 0.15) is 17.5 Å². The number of halogens is 2. The average molecular weight is 356 g/mol. The summed E-state index contributed by atoms with van der Waals surface area (Å²) in [6.45, 7) is 1.28. The highest BCUT2D eigenvalue weighted by atomic mass is 19.1. The van der Waals surface area contributed by atoms with Crippen LogP contribution in [0.3, 0.4) is 0 Å². The van der Waals surface area contributed by atoms with E-state index >= 15 is 0 Å². The molecule has 0 bridgehead atoms. The molecule has 1 saturated heterocycles. The number of hydrogen-bond acceptors (Lipinski definition) is 4. The third kappa shape index (κ3) is 2.66. The Bertz CT molecular complexity index is 878. The molecule has 4 rings (SSSR count). The molecule has 6 heteroatoms. The Labute approximate surface area is 149 Å². The maximum Gasteiger partial charge on any atom is 0.192 e. The van der Waals surface area contributed by atoms with Crippen molar-refractivity contribution < 1.29 is 18.7 Å². The van der Waals surface area contributed by atoms with Crippen molar-refractivity contribution in [2.75, 3.05) is 13.1 Å². The van der Waals surface area contributed by atoms with Crippen molar-refractivity contribution in [3.05, 3.63) is 82.7 Å². The van der Waals surface area contributed by atoms with Crippen LogP contribution in [0.15, 0.2) is 59.9 Å². The van der Waals surface area contributed by atoms with Crippen LogP contribution < -0.4 is 5.32 Å². The molecule has 4 nitrogen and oxygen atoms in total. The topological polar surface area (TPSA) is 52.6 Å². The molecule has 26 heavy (non-hydrogen) atoms. The van der Waals surface area contributed by atoms with Crippen LogP contribution in [-0.2, 0) is 5.72 Å². The highest BCUT2D eigenvalue weighted by Crippen LogP contribution is 2.43. The lowest BCUT2D eigenvalue weighted by molar-refractivity contribution is -0.0895. The summed E-state index contributed by atoms with van der Waals surface area (Å²) in [4.78, 5) is 14.7. The molecule has 2 heterocycles. The van der Waals surface area contributed by atoms with Gasteiger partial charge in [-0.25, -0.2) is 8.78 Å². The zero-order chi connectivity index (χ0) is 18.3. The first-order valence-electron chi connectivity index (χ1n) is 8.52. The lowest BCUT2D eigenvalue weighted by Crippen LogP contribution is -2.48. The molecule has 0 amide bonds. The maximum absolute atomic E-state index is 13.3. The Hall–Kier alpha value is -2.73. The van der Waals surface area contributed by atoms with Gasteiger partial charge in [-0.2, -0.15) is 0 Å². The number of nitrogens with zero attached hydrogens (tertiary/aromatic N) is 1. The minimum Gasteiger partial charge on any atom is -0.371 e.